The molecule has 2 aliphatic heterocycles. The van der Waals surface area contributed by atoms with Crippen LogP contribution in [0.25, 0.3) is 0 Å². The molecule has 0 radical (unpaired) electrons. The van der Waals surface area contributed by atoms with Crippen molar-refractivity contribution in [2.24, 2.45) is 5.10 Å². The van der Waals surface area contributed by atoms with Gasteiger partial charge >= 0.3 is 6.03 Å². The average molecular weight is 261 g/mol. The fourth-order valence-corrected chi connectivity index (χ4v) is 2.07. The van der Waals surface area contributed by atoms with E-state index in [0.29, 0.717) is 19.0 Å². The number of carbonyl (C=O) groups is 1. The van der Waals surface area contributed by atoms with Gasteiger partial charge in [0.25, 0.3) is 0 Å². The number of nitrogens with zero attached hydrogens (tertiary/aromatic N) is 5. The Morgan fingerprint density at radius 3 is 2.95 bits per heavy atom. The third kappa shape index (κ3) is 2.35. The molecule has 0 bridgehead atoms. The quantitative estimate of drug-likeness (QED) is 0.787. The van der Waals surface area contributed by atoms with Crippen LogP contribution in [-0.2, 0) is 0 Å². The lowest BCUT2D eigenvalue weighted by Gasteiger charge is -2.40. The second kappa shape index (κ2) is 4.83. The molecule has 2 amide bonds. The van der Waals surface area contributed by atoms with Crippen LogP contribution in [0.5, 0.6) is 5.88 Å². The lowest BCUT2D eigenvalue weighted by molar-refractivity contribution is 0.0261. The number of hydrazone groups is 1. The molecule has 19 heavy (non-hydrogen) atoms. The van der Waals surface area contributed by atoms with E-state index in [-0.39, 0.29) is 18.2 Å². The minimum Gasteiger partial charge on any atom is -0.470 e. The molecule has 0 aromatic carbocycles. The van der Waals surface area contributed by atoms with E-state index >= 15 is 0 Å². The number of hydrogen-bond acceptors (Lipinski definition) is 5. The summed E-state index contributed by atoms with van der Waals surface area (Å²) in [4.78, 5) is 21.6. The molecule has 7 heteroatoms. The average Bonchev–Trinajstić information content (AvgIpc) is 2.80. The van der Waals surface area contributed by atoms with Gasteiger partial charge in [0.1, 0.15) is 12.4 Å². The van der Waals surface area contributed by atoms with Crippen LogP contribution in [0.4, 0.5) is 4.79 Å². The number of urea groups is 1. The molecule has 0 N–H and O–H groups in total. The van der Waals surface area contributed by atoms with Gasteiger partial charge in [0, 0.05) is 24.9 Å². The van der Waals surface area contributed by atoms with Crippen LogP contribution < -0.4 is 4.74 Å². The van der Waals surface area contributed by atoms with Gasteiger partial charge < -0.3 is 9.64 Å². The molecule has 0 aliphatic carbocycles. The fraction of sp³-hybridized carbons (Fsp3) is 0.500. The zero-order chi connectivity index (χ0) is 13.2. The Hall–Kier alpha value is -2.18. The van der Waals surface area contributed by atoms with Gasteiger partial charge in [-0.2, -0.15) is 5.10 Å². The van der Waals surface area contributed by atoms with Crippen LogP contribution in [0.3, 0.4) is 0 Å². The number of amides is 2. The number of aromatic nitrogens is 2. The van der Waals surface area contributed by atoms with Gasteiger partial charge in [0.15, 0.2) is 0 Å². The molecular formula is C12H15N5O2. The summed E-state index contributed by atoms with van der Waals surface area (Å²) in [5.41, 5.74) is 0. The summed E-state index contributed by atoms with van der Waals surface area (Å²) in [6, 6.07) is 1.80. The van der Waals surface area contributed by atoms with Crippen molar-refractivity contribution in [3.05, 3.63) is 18.6 Å². The predicted molar refractivity (Wildman–Crippen MR) is 67.8 cm³/mol. The standard InChI is InChI=1S/C12H15N5O2/c1-9-2-5-15-17(9)12(18)16-6-10(7-16)19-11-3-4-13-8-14-11/h3-5,8-10H,2,6-7H2,1H3. The highest BCUT2D eigenvalue weighted by atomic mass is 16.5. The molecular weight excluding hydrogens is 246 g/mol. The SMILES string of the molecule is CC1CC=NN1C(=O)N1CC(Oc2ccncn2)C1. The zero-order valence-corrected chi connectivity index (χ0v) is 10.6. The van der Waals surface area contributed by atoms with Crippen molar-refractivity contribution < 1.29 is 9.53 Å². The van der Waals surface area contributed by atoms with Crippen LogP contribution in [0.1, 0.15) is 13.3 Å². The van der Waals surface area contributed by atoms with Crippen LogP contribution in [0, 0.1) is 0 Å². The van der Waals surface area contributed by atoms with Gasteiger partial charge in [-0.15, -0.1) is 0 Å². The number of ether oxygens (including phenoxy) is 1. The Labute approximate surface area is 110 Å². The number of rotatable bonds is 2. The first-order valence-electron chi connectivity index (χ1n) is 6.27. The maximum atomic E-state index is 12.1. The largest absolute Gasteiger partial charge is 0.470 e. The highest BCUT2D eigenvalue weighted by Crippen LogP contribution is 2.20. The van der Waals surface area contributed by atoms with Gasteiger partial charge in [-0.05, 0) is 6.92 Å². The third-order valence-electron chi connectivity index (χ3n) is 3.23. The molecule has 1 fully saturated rings. The summed E-state index contributed by atoms with van der Waals surface area (Å²) in [6.07, 6.45) is 5.67. The molecule has 7 nitrogen and oxygen atoms in total. The molecule has 0 spiro atoms. The summed E-state index contributed by atoms with van der Waals surface area (Å²) >= 11 is 0. The minimum absolute atomic E-state index is 0.000684. The Kier molecular flexibility index (Phi) is 3.02. The van der Waals surface area contributed by atoms with E-state index in [2.05, 4.69) is 15.1 Å². The van der Waals surface area contributed by atoms with Crippen molar-refractivity contribution in [3.8, 4) is 5.88 Å². The summed E-state index contributed by atoms with van der Waals surface area (Å²) < 4.78 is 5.62. The van der Waals surface area contributed by atoms with Crippen LogP contribution in [0.2, 0.25) is 0 Å². The molecule has 0 saturated carbocycles. The highest BCUT2D eigenvalue weighted by Gasteiger charge is 2.37. The van der Waals surface area contributed by atoms with Crippen molar-refractivity contribution in [2.75, 3.05) is 13.1 Å². The van der Waals surface area contributed by atoms with E-state index in [1.54, 1.807) is 23.4 Å². The van der Waals surface area contributed by atoms with Gasteiger partial charge in [0.2, 0.25) is 5.88 Å². The van der Waals surface area contributed by atoms with Crippen LogP contribution in [0.15, 0.2) is 23.7 Å². The van der Waals surface area contributed by atoms with Crippen molar-refractivity contribution in [1.82, 2.24) is 19.9 Å². The monoisotopic (exact) mass is 261 g/mol. The van der Waals surface area contributed by atoms with Crippen molar-refractivity contribution in [3.63, 3.8) is 0 Å². The van der Waals surface area contributed by atoms with E-state index in [4.69, 9.17) is 4.74 Å². The van der Waals surface area contributed by atoms with E-state index in [0.717, 1.165) is 6.42 Å². The first-order chi connectivity index (χ1) is 9.24. The van der Waals surface area contributed by atoms with Crippen molar-refractivity contribution >= 4 is 12.2 Å². The van der Waals surface area contributed by atoms with E-state index in [1.807, 2.05) is 6.92 Å². The van der Waals surface area contributed by atoms with E-state index < -0.39 is 0 Å². The summed E-state index contributed by atoms with van der Waals surface area (Å²) in [7, 11) is 0. The fourth-order valence-electron chi connectivity index (χ4n) is 2.07. The number of likely N-dealkylation sites (tertiary alicyclic amines) is 1. The second-order valence-corrected chi connectivity index (χ2v) is 4.70. The molecule has 3 rings (SSSR count). The lowest BCUT2D eigenvalue weighted by Crippen LogP contribution is -2.59. The smallest absolute Gasteiger partial charge is 0.340 e. The van der Waals surface area contributed by atoms with Crippen LogP contribution >= 0.6 is 0 Å². The maximum Gasteiger partial charge on any atom is 0.340 e. The van der Waals surface area contributed by atoms with Crippen molar-refractivity contribution in [1.29, 1.82) is 0 Å². The minimum atomic E-state index is -0.0520. The number of hydrogen-bond donors (Lipinski definition) is 0. The first-order valence-corrected chi connectivity index (χ1v) is 6.27. The Morgan fingerprint density at radius 2 is 2.32 bits per heavy atom. The Morgan fingerprint density at radius 1 is 1.47 bits per heavy atom. The van der Waals surface area contributed by atoms with Gasteiger partial charge in [-0.1, -0.05) is 0 Å². The molecule has 100 valence electrons. The molecule has 1 saturated heterocycles. The van der Waals surface area contributed by atoms with Gasteiger partial charge in [-0.3, -0.25) is 0 Å². The third-order valence-corrected chi connectivity index (χ3v) is 3.23. The van der Waals surface area contributed by atoms with E-state index in [1.165, 1.54) is 11.3 Å². The molecule has 1 aromatic rings. The van der Waals surface area contributed by atoms with Gasteiger partial charge in [0.05, 0.1) is 19.1 Å². The maximum absolute atomic E-state index is 12.1. The second-order valence-electron chi connectivity index (χ2n) is 4.70. The lowest BCUT2D eigenvalue weighted by atomic mass is 10.2. The molecule has 1 aromatic heterocycles. The van der Waals surface area contributed by atoms with Gasteiger partial charge in [-0.25, -0.2) is 19.8 Å². The summed E-state index contributed by atoms with van der Waals surface area (Å²) in [6.45, 7) is 3.13. The zero-order valence-electron chi connectivity index (χ0n) is 10.6. The predicted octanol–water partition coefficient (Wildman–Crippen LogP) is 0.740. The topological polar surface area (TPSA) is 70.9 Å². The summed E-state index contributed by atoms with van der Waals surface area (Å²) in [5.74, 6) is 0.541. The van der Waals surface area contributed by atoms with Crippen molar-refractivity contribution in [2.45, 2.75) is 25.5 Å². The van der Waals surface area contributed by atoms with Crippen LogP contribution in [-0.4, -0.2) is 57.4 Å². The normalized spacial score (nSPS) is 22.5. The molecule has 2 aliphatic rings. The Balaban J connectivity index is 1.50. The summed E-state index contributed by atoms with van der Waals surface area (Å²) in [5, 5.41) is 5.61. The molecule has 1 atom stereocenters. The first kappa shape index (κ1) is 11.9. The molecule has 3 heterocycles. The van der Waals surface area contributed by atoms with E-state index in [9.17, 15) is 4.79 Å². The Bertz CT molecular complexity index is 486. The highest BCUT2D eigenvalue weighted by molar-refractivity contribution is 5.78. The molecule has 1 unspecified atom stereocenters. The number of carbonyl (C=O) groups excluding carboxylic acids is 1.